The first-order valence-electron chi connectivity index (χ1n) is 16.4. The van der Waals surface area contributed by atoms with Gasteiger partial charge in [-0.2, -0.15) is 4.98 Å². The van der Waals surface area contributed by atoms with Crippen LogP contribution in [0.1, 0.15) is 78.9 Å². The van der Waals surface area contributed by atoms with Crippen molar-refractivity contribution >= 4 is 38.8 Å². The molecule has 1 saturated carbocycles. The zero-order chi connectivity index (χ0) is 34.7. The van der Waals surface area contributed by atoms with Crippen molar-refractivity contribution in [2.45, 2.75) is 77.3 Å². The van der Waals surface area contributed by atoms with Crippen LogP contribution in [0.25, 0.3) is 22.5 Å². The van der Waals surface area contributed by atoms with Gasteiger partial charge in [0.05, 0.1) is 35.1 Å². The number of hydrogen-bond donors (Lipinski definition) is 2. The summed E-state index contributed by atoms with van der Waals surface area (Å²) >= 11 is 0. The van der Waals surface area contributed by atoms with E-state index >= 15 is 0 Å². The fraction of sp³-hybridized carbons (Fsp3) is 0.361. The Labute approximate surface area is 285 Å². The van der Waals surface area contributed by atoms with Crippen LogP contribution >= 0.6 is 0 Å². The fourth-order valence-electron chi connectivity index (χ4n) is 6.45. The summed E-state index contributed by atoms with van der Waals surface area (Å²) in [5, 5.41) is 0. The number of aryl methyl sites for hydroxylation is 2. The van der Waals surface area contributed by atoms with Gasteiger partial charge < -0.3 is 19.8 Å². The van der Waals surface area contributed by atoms with Gasteiger partial charge in [-0.15, -0.1) is 0 Å². The van der Waals surface area contributed by atoms with E-state index in [9.17, 15) is 13.2 Å². The van der Waals surface area contributed by atoms with Gasteiger partial charge in [-0.3, -0.25) is 4.79 Å². The minimum atomic E-state index is -4.19. The van der Waals surface area contributed by atoms with Crippen molar-refractivity contribution in [3.8, 4) is 17.1 Å². The average molecular weight is 682 g/mol. The van der Waals surface area contributed by atoms with Gasteiger partial charge in [-0.05, 0) is 67.9 Å². The third kappa shape index (κ3) is 6.42. The van der Waals surface area contributed by atoms with Crippen LogP contribution in [0.5, 0.6) is 5.88 Å². The quantitative estimate of drug-likeness (QED) is 0.205. The van der Waals surface area contributed by atoms with Crippen molar-refractivity contribution in [3.63, 3.8) is 0 Å². The Morgan fingerprint density at radius 2 is 1.80 bits per heavy atom. The molecule has 4 heterocycles. The molecule has 4 bridgehead atoms. The molecular formula is C36H39N7O5S. The average Bonchev–Trinajstić information content (AvgIpc) is 3.69. The zero-order valence-electron chi connectivity index (χ0n) is 28.1. The lowest BCUT2D eigenvalue weighted by Crippen LogP contribution is -2.44. The summed E-state index contributed by atoms with van der Waals surface area (Å²) < 4.78 is 42.2. The molecule has 7 rings (SSSR count). The molecule has 12 nitrogen and oxygen atoms in total. The largest absolute Gasteiger partial charge is 0.475 e. The molecule has 3 N–H and O–H groups in total. The van der Waals surface area contributed by atoms with Crippen molar-refractivity contribution in [1.82, 2.24) is 24.8 Å². The smallest absolute Gasteiger partial charge is 0.264 e. The maximum atomic E-state index is 14.5. The lowest BCUT2D eigenvalue weighted by atomic mass is 9.97. The number of anilines is 2. The highest BCUT2D eigenvalue weighted by Gasteiger charge is 2.42. The van der Waals surface area contributed by atoms with Gasteiger partial charge in [0.2, 0.25) is 17.5 Å². The minimum Gasteiger partial charge on any atom is -0.475 e. The number of furan rings is 1. The first-order valence-corrected chi connectivity index (χ1v) is 17.8. The number of ether oxygens (including phenoxy) is 1. The normalized spacial score (nSPS) is 18.3. The number of fused-ring (bicyclic) bond motifs is 5. The molecule has 0 saturated heterocycles. The molecule has 1 aliphatic heterocycles. The standard InChI is InChI=1S/C36H39N7O5S/c1-20(2)32-30(37)31-33(48-32)38-17-24(39-31)18-43-25(16-36(5)12-13-36)19-47-28-15-27(29-21(3)8-6-9-22(29)4)40-35(41-28)42-49(45,46)26-11-7-10-23(14-26)34(43)44/h6-11,14-15,17,20,25H,12-13,16,18-19,37H2,1-5H3,(H,40,41,42)/t25-/m1/s1. The van der Waals surface area contributed by atoms with E-state index in [2.05, 4.69) is 26.6 Å². The number of carbonyl (C=O) groups excluding carboxylic acids is 1. The maximum absolute atomic E-state index is 14.5. The second-order valence-corrected chi connectivity index (χ2v) is 15.5. The van der Waals surface area contributed by atoms with E-state index < -0.39 is 16.1 Å². The van der Waals surface area contributed by atoms with E-state index in [1.165, 1.54) is 12.1 Å². The van der Waals surface area contributed by atoms with E-state index in [4.69, 9.17) is 19.9 Å². The maximum Gasteiger partial charge on any atom is 0.264 e. The molecular weight excluding hydrogens is 643 g/mol. The molecule has 0 radical (unpaired) electrons. The highest BCUT2D eigenvalue weighted by atomic mass is 32.2. The lowest BCUT2D eigenvalue weighted by molar-refractivity contribution is 0.0537. The molecule has 1 aliphatic carbocycles. The molecule has 1 amide bonds. The summed E-state index contributed by atoms with van der Waals surface area (Å²) in [6.07, 6.45) is 4.27. The van der Waals surface area contributed by atoms with Crippen molar-refractivity contribution in [3.05, 3.63) is 82.9 Å². The van der Waals surface area contributed by atoms with Crippen LogP contribution < -0.4 is 15.2 Å². The van der Waals surface area contributed by atoms with Crippen LogP contribution in [0.15, 0.2) is 64.0 Å². The number of carbonyl (C=O) groups is 1. The minimum absolute atomic E-state index is 0.0182. The Morgan fingerprint density at radius 3 is 2.51 bits per heavy atom. The Balaban J connectivity index is 1.35. The molecule has 0 spiro atoms. The van der Waals surface area contributed by atoms with Crippen LogP contribution in [0.4, 0.5) is 11.6 Å². The number of nitrogen functional groups attached to an aromatic ring is 1. The van der Waals surface area contributed by atoms with E-state index in [0.29, 0.717) is 40.5 Å². The van der Waals surface area contributed by atoms with Gasteiger partial charge in [0, 0.05) is 23.1 Å². The molecule has 1 fully saturated rings. The zero-order valence-corrected chi connectivity index (χ0v) is 29.0. The number of nitrogens with two attached hydrogens (primary N) is 1. The van der Waals surface area contributed by atoms with Crippen LogP contribution in [-0.4, -0.2) is 51.8 Å². The molecule has 0 unspecified atom stereocenters. The Morgan fingerprint density at radius 1 is 1.06 bits per heavy atom. The van der Waals surface area contributed by atoms with E-state index in [0.717, 1.165) is 29.5 Å². The topological polar surface area (TPSA) is 166 Å². The first kappa shape index (κ1) is 32.5. The lowest BCUT2D eigenvalue weighted by Gasteiger charge is -2.33. The first-order chi connectivity index (χ1) is 23.3. The summed E-state index contributed by atoms with van der Waals surface area (Å²) in [5.41, 5.74) is 11.6. The fourth-order valence-corrected chi connectivity index (χ4v) is 7.44. The molecule has 5 aromatic rings. The van der Waals surface area contributed by atoms with Crippen molar-refractivity contribution < 1.29 is 22.4 Å². The number of rotatable bonds is 6. The predicted octanol–water partition coefficient (Wildman–Crippen LogP) is 6.40. The second-order valence-electron chi connectivity index (χ2n) is 13.8. The summed E-state index contributed by atoms with van der Waals surface area (Å²) in [5.74, 6) is 0.332. The number of nitrogens with one attached hydrogen (secondary N) is 1. The summed E-state index contributed by atoms with van der Waals surface area (Å²) in [6.45, 7) is 10.3. The summed E-state index contributed by atoms with van der Waals surface area (Å²) in [4.78, 5) is 34.5. The van der Waals surface area contributed by atoms with Crippen molar-refractivity contribution in [1.29, 1.82) is 0 Å². The van der Waals surface area contributed by atoms with Gasteiger partial charge in [-0.1, -0.05) is 45.0 Å². The van der Waals surface area contributed by atoms with Crippen molar-refractivity contribution in [2.75, 3.05) is 17.1 Å². The third-order valence-electron chi connectivity index (χ3n) is 9.39. The van der Waals surface area contributed by atoms with Crippen LogP contribution in [0.3, 0.4) is 0 Å². The van der Waals surface area contributed by atoms with Crippen LogP contribution in [0, 0.1) is 19.3 Å². The van der Waals surface area contributed by atoms with E-state index in [1.54, 1.807) is 29.3 Å². The van der Waals surface area contributed by atoms with Gasteiger partial charge in [0.1, 0.15) is 18.1 Å². The molecule has 254 valence electrons. The highest BCUT2D eigenvalue weighted by molar-refractivity contribution is 7.92. The molecule has 13 heteroatoms. The van der Waals surface area contributed by atoms with Gasteiger partial charge in [0.15, 0.2) is 5.52 Å². The van der Waals surface area contributed by atoms with Crippen LogP contribution in [0.2, 0.25) is 0 Å². The van der Waals surface area contributed by atoms with E-state index in [-0.39, 0.29) is 52.7 Å². The predicted molar refractivity (Wildman–Crippen MR) is 186 cm³/mol. The third-order valence-corrected chi connectivity index (χ3v) is 10.7. The van der Waals surface area contributed by atoms with Gasteiger partial charge in [-0.25, -0.2) is 28.1 Å². The number of amides is 1. The van der Waals surface area contributed by atoms with Gasteiger partial charge in [0.25, 0.3) is 15.9 Å². The molecule has 49 heavy (non-hydrogen) atoms. The van der Waals surface area contributed by atoms with E-state index in [1.807, 2.05) is 45.9 Å². The number of benzene rings is 2. The molecule has 2 aliphatic rings. The number of aromatic nitrogens is 4. The summed E-state index contributed by atoms with van der Waals surface area (Å²) in [6, 6.07) is 13.2. The summed E-state index contributed by atoms with van der Waals surface area (Å²) in [7, 11) is -4.19. The number of hydrogen-bond acceptors (Lipinski definition) is 10. The Hall–Kier alpha value is -5.04. The highest BCUT2D eigenvalue weighted by Crippen LogP contribution is 2.49. The van der Waals surface area contributed by atoms with Gasteiger partial charge >= 0.3 is 0 Å². The Kier molecular flexibility index (Phi) is 8.05. The number of sulfonamides is 1. The van der Waals surface area contributed by atoms with Crippen LogP contribution in [-0.2, 0) is 16.6 Å². The second kappa shape index (κ2) is 12.1. The Bertz CT molecular complexity index is 2190. The molecule has 2 aromatic carbocycles. The monoisotopic (exact) mass is 681 g/mol. The SMILES string of the molecule is Cc1cccc(C)c1-c1cc2nc(n1)NS(=O)(=O)c1cccc(c1)C(=O)N(Cc1cnc3oc(C(C)C)c(N)c3n1)[C@H](CC1(C)CC1)CO2. The molecule has 1 atom stereocenters. The van der Waals surface area contributed by atoms with Crippen molar-refractivity contribution in [2.24, 2.45) is 5.41 Å². The molecule has 3 aromatic heterocycles. The number of nitrogens with zero attached hydrogens (tertiary/aromatic N) is 5.